The van der Waals surface area contributed by atoms with E-state index in [0.29, 0.717) is 5.75 Å². The van der Waals surface area contributed by atoms with Crippen LogP contribution in [0.5, 0.6) is 5.75 Å². The Morgan fingerprint density at radius 2 is 0.623 bits per heavy atom. The molecule has 0 spiro atoms. The summed E-state index contributed by atoms with van der Waals surface area (Å²) in [4.78, 5) is 0.724. The van der Waals surface area contributed by atoms with Crippen molar-refractivity contribution >= 4 is 37.9 Å². The van der Waals surface area contributed by atoms with Gasteiger partial charge in [-0.1, -0.05) is 52.7 Å². The number of hydrogen-bond acceptors (Lipinski definition) is 2. The lowest BCUT2D eigenvalue weighted by molar-refractivity contribution is 0.378. The van der Waals surface area contributed by atoms with Crippen LogP contribution in [0, 0.1) is 128 Å². The molecule has 0 saturated heterocycles. The van der Waals surface area contributed by atoms with Crippen LogP contribution in [-0.2, 0) is 19.9 Å². The maximum atomic E-state index is 15.4. The Hall–Kier alpha value is -7.29. The van der Waals surface area contributed by atoms with Crippen molar-refractivity contribution in [3.05, 3.63) is 212 Å². The zero-order chi connectivity index (χ0) is 51.2. The predicted molar refractivity (Wildman–Crippen MR) is 207 cm³/mol. The standard InChI is InChI=1S/C24BF20.C21H16O2S/c26-5-1(6(27)14(35)21(42)13(5)34)25(2-7(28)15(36)22(43)16(37)8(2)29,3-9(30)17(38)23(44)18(39)10(3)31)4-11(32)19(40)24(45)20(41)12(4)33;22-20-13-11-19(12-14-20)17-24(23,21-9-5-2-6-10-21)16-15-18-7-3-1-4-8-18/h;1-14H,17H2/q-1;/p+1. The summed E-state index contributed by atoms with van der Waals surface area (Å²) in [6.45, 7) is 0. The summed E-state index contributed by atoms with van der Waals surface area (Å²) in [6.07, 6.45) is -7.22. The molecule has 0 heterocycles. The summed E-state index contributed by atoms with van der Waals surface area (Å²) in [5.41, 5.74) is -12.6. The first-order chi connectivity index (χ1) is 32.4. The number of aromatic hydroxyl groups is 1. The quantitative estimate of drug-likeness (QED) is 0.0432. The molecule has 0 aliphatic carbocycles. The van der Waals surface area contributed by atoms with Crippen LogP contribution in [0.1, 0.15) is 11.1 Å². The van der Waals surface area contributed by atoms with Gasteiger partial charge >= 0.3 is 0 Å². The fourth-order valence-electron chi connectivity index (χ4n) is 7.18. The van der Waals surface area contributed by atoms with Crippen LogP contribution in [0.2, 0.25) is 0 Å². The van der Waals surface area contributed by atoms with Crippen molar-refractivity contribution in [1.29, 1.82) is 0 Å². The molecular formula is C45H17BF20O2S. The summed E-state index contributed by atoms with van der Waals surface area (Å²) < 4.78 is 308. The molecular weight excluding hydrogens is 995 g/mol. The highest BCUT2D eigenvalue weighted by atomic mass is 32.2. The Balaban J connectivity index is 0.000000273. The third-order valence-electron chi connectivity index (χ3n) is 10.3. The minimum atomic E-state index is -7.22. The van der Waals surface area contributed by atoms with Crippen molar-refractivity contribution in [2.75, 3.05) is 0 Å². The number of halogens is 20. The Kier molecular flexibility index (Phi) is 14.4. The van der Waals surface area contributed by atoms with E-state index in [1.54, 1.807) is 24.3 Å². The molecule has 0 aliphatic heterocycles. The van der Waals surface area contributed by atoms with Gasteiger partial charge in [-0.2, -0.15) is 0 Å². The van der Waals surface area contributed by atoms with Crippen LogP contribution in [0.3, 0.4) is 0 Å². The maximum absolute atomic E-state index is 15.4. The van der Waals surface area contributed by atoms with Gasteiger partial charge in [-0.25, -0.2) is 87.8 Å². The fourth-order valence-corrected chi connectivity index (χ4v) is 9.08. The van der Waals surface area contributed by atoms with E-state index in [-0.39, 0.29) is 5.75 Å². The zero-order valence-electron chi connectivity index (χ0n) is 33.2. The largest absolute Gasteiger partial charge is 0.508 e. The van der Waals surface area contributed by atoms with Crippen LogP contribution in [0.15, 0.2) is 89.8 Å². The van der Waals surface area contributed by atoms with Gasteiger partial charge in [0.25, 0.3) is 0 Å². The Morgan fingerprint density at radius 1 is 0.362 bits per heavy atom. The van der Waals surface area contributed by atoms with E-state index in [4.69, 9.17) is 0 Å². The molecule has 1 unspecified atom stereocenters. The van der Waals surface area contributed by atoms with Crippen LogP contribution in [0.25, 0.3) is 0 Å². The minimum absolute atomic E-state index is 0.195. The number of phenols is 1. The van der Waals surface area contributed by atoms with Crippen LogP contribution in [-0.4, -0.2) is 11.3 Å². The number of phenolic OH excluding ortho intramolecular Hbond substituents is 1. The number of benzene rings is 7. The van der Waals surface area contributed by atoms with Crippen LogP contribution < -0.4 is 21.9 Å². The summed E-state index contributed by atoms with van der Waals surface area (Å²) in [6, 6.07) is 25.7. The molecule has 0 saturated carbocycles. The van der Waals surface area contributed by atoms with E-state index < -0.39 is 154 Å². The summed E-state index contributed by atoms with van der Waals surface area (Å²) >= 11 is 0. The van der Waals surface area contributed by atoms with Gasteiger partial charge < -0.3 is 5.11 Å². The molecule has 0 radical (unpaired) electrons. The molecule has 69 heavy (non-hydrogen) atoms. The van der Waals surface area contributed by atoms with Gasteiger partial charge in [-0.15, -0.1) is 21.9 Å². The highest BCUT2D eigenvalue weighted by molar-refractivity contribution is 8.06. The lowest BCUT2D eigenvalue weighted by atomic mass is 9.12. The third kappa shape index (κ3) is 8.63. The summed E-state index contributed by atoms with van der Waals surface area (Å²) in [5.74, 6) is -67.9. The normalized spacial score (nSPS) is 12.2. The van der Waals surface area contributed by atoms with Crippen LogP contribution >= 0.6 is 0 Å². The molecule has 0 amide bonds. The van der Waals surface area contributed by atoms with Crippen molar-refractivity contribution < 1.29 is 97.1 Å². The monoisotopic (exact) mass is 1010 g/mol. The van der Waals surface area contributed by atoms with Gasteiger partial charge in [0.2, 0.25) is 0 Å². The Bertz CT molecular complexity index is 2910. The molecule has 0 aromatic heterocycles. The van der Waals surface area contributed by atoms with Crippen molar-refractivity contribution in [3.63, 3.8) is 0 Å². The van der Waals surface area contributed by atoms with Gasteiger partial charge in [0.15, 0.2) is 95.6 Å². The zero-order valence-corrected chi connectivity index (χ0v) is 34.0. The van der Waals surface area contributed by atoms with Crippen molar-refractivity contribution in [3.8, 4) is 16.9 Å². The smallest absolute Gasteiger partial charge is 0.200 e. The van der Waals surface area contributed by atoms with E-state index in [1.807, 2.05) is 60.7 Å². The molecule has 7 rings (SSSR count). The number of rotatable bonds is 7. The topological polar surface area (TPSA) is 37.3 Å². The molecule has 0 aliphatic rings. The van der Waals surface area contributed by atoms with E-state index in [2.05, 4.69) is 11.2 Å². The molecule has 2 nitrogen and oxygen atoms in total. The van der Waals surface area contributed by atoms with Gasteiger partial charge in [-0.3, -0.25) is 0 Å². The summed E-state index contributed by atoms with van der Waals surface area (Å²) in [5, 5.41) is 12.4. The van der Waals surface area contributed by atoms with Gasteiger partial charge in [-0.05, 0) is 42.3 Å². The second kappa shape index (κ2) is 19.4. The summed E-state index contributed by atoms with van der Waals surface area (Å²) in [7, 11) is -2.57. The first kappa shape index (κ1) is 51.1. The SMILES string of the molecule is Fc1c(F)c(F)c([B-](c2c(F)c(F)c(F)c(F)c2F)(c2c(F)c(F)c(F)c(F)c2F)c2c(F)c(F)c(F)c(F)c2F)c(F)c1F.O=[S+](C#Cc1ccccc1)(Cc1ccc(O)cc1)c1ccccc1. The van der Waals surface area contributed by atoms with E-state index >= 15 is 35.1 Å². The molecule has 7 aromatic rings. The molecule has 0 bridgehead atoms. The molecule has 7 aromatic carbocycles. The minimum Gasteiger partial charge on any atom is -0.508 e. The van der Waals surface area contributed by atoms with Gasteiger partial charge in [0.05, 0.1) is 0 Å². The van der Waals surface area contributed by atoms with E-state index in [9.17, 15) is 62.0 Å². The highest BCUT2D eigenvalue weighted by Crippen LogP contribution is 2.31. The maximum Gasteiger partial charge on any atom is 0.200 e. The molecule has 0 fully saturated rings. The third-order valence-corrected chi connectivity index (χ3v) is 12.5. The molecule has 1 N–H and O–H groups in total. The van der Waals surface area contributed by atoms with Crippen molar-refractivity contribution in [1.82, 2.24) is 0 Å². The first-order valence-corrected chi connectivity index (χ1v) is 20.2. The molecule has 1 atom stereocenters. The van der Waals surface area contributed by atoms with Crippen LogP contribution in [0.4, 0.5) is 87.8 Å². The first-order valence-electron chi connectivity index (χ1n) is 18.5. The second-order valence-electron chi connectivity index (χ2n) is 14.2. The molecule has 358 valence electrons. The Morgan fingerprint density at radius 3 is 0.913 bits per heavy atom. The average Bonchev–Trinajstić information content (AvgIpc) is 3.34. The fraction of sp³-hybridized carbons (Fsp3) is 0.0222. The second-order valence-corrected chi connectivity index (χ2v) is 16.5. The lowest BCUT2D eigenvalue weighted by Crippen LogP contribution is -2.81. The van der Waals surface area contributed by atoms with Crippen molar-refractivity contribution in [2.24, 2.45) is 0 Å². The number of hydrogen-bond donors (Lipinski definition) is 1. The lowest BCUT2D eigenvalue weighted by Gasteiger charge is -2.44. The van der Waals surface area contributed by atoms with Crippen molar-refractivity contribution in [2.45, 2.75) is 10.6 Å². The predicted octanol–water partition coefficient (Wildman–Crippen LogP) is 10.3. The van der Waals surface area contributed by atoms with E-state index in [0.717, 1.165) is 16.0 Å². The molecule has 24 heteroatoms. The average molecular weight is 1010 g/mol. The highest BCUT2D eigenvalue weighted by Gasteiger charge is 2.52. The van der Waals surface area contributed by atoms with Gasteiger partial charge in [0.1, 0.15) is 58.4 Å². The van der Waals surface area contributed by atoms with E-state index in [1.165, 1.54) is 0 Å². The van der Waals surface area contributed by atoms with Gasteiger partial charge in [0, 0.05) is 11.1 Å². The Labute approximate surface area is 374 Å².